The second-order valence-electron chi connectivity index (χ2n) is 9.27. The summed E-state index contributed by atoms with van der Waals surface area (Å²) in [6, 6.07) is 14.6. The standard InChI is InChI=1S/C25H30ClNO4/c1-16-10-13-21(25(3,4)18-8-6-5-7-9-18)23(14-16)31-24(28)17(2)20-12-11-19(27(29)30)15-22(20)26/h5-9,11-12,15-17,21,23H,10,13-14H2,1-4H3/t16-,17-,21-,23-/m1/s1. The number of non-ortho nitro benzene ring substituents is 1. The molecular weight excluding hydrogens is 414 g/mol. The number of halogens is 1. The van der Waals surface area contributed by atoms with Crippen molar-refractivity contribution in [2.75, 3.05) is 0 Å². The molecule has 2 aromatic carbocycles. The predicted octanol–water partition coefficient (Wildman–Crippen LogP) is 6.68. The van der Waals surface area contributed by atoms with E-state index in [2.05, 4.69) is 32.9 Å². The van der Waals surface area contributed by atoms with E-state index in [4.69, 9.17) is 16.3 Å². The van der Waals surface area contributed by atoms with Gasteiger partial charge in [-0.05, 0) is 48.3 Å². The number of carbonyl (C=O) groups excluding carboxylic acids is 1. The van der Waals surface area contributed by atoms with Gasteiger partial charge in [0.1, 0.15) is 6.10 Å². The van der Waals surface area contributed by atoms with E-state index < -0.39 is 10.8 Å². The number of esters is 1. The fourth-order valence-corrected chi connectivity index (χ4v) is 5.06. The number of rotatable bonds is 6. The molecule has 1 aliphatic carbocycles. The van der Waals surface area contributed by atoms with Gasteiger partial charge in [0.15, 0.2) is 0 Å². The number of hydrogen-bond acceptors (Lipinski definition) is 4. The molecule has 0 saturated heterocycles. The Kier molecular flexibility index (Phi) is 7.05. The second-order valence-corrected chi connectivity index (χ2v) is 9.68. The summed E-state index contributed by atoms with van der Waals surface area (Å²) in [5.74, 6) is -0.261. The highest BCUT2D eigenvalue weighted by atomic mass is 35.5. The predicted molar refractivity (Wildman–Crippen MR) is 122 cm³/mol. The fraction of sp³-hybridized carbons (Fsp3) is 0.480. The summed E-state index contributed by atoms with van der Waals surface area (Å²) in [5, 5.41) is 11.2. The van der Waals surface area contributed by atoms with E-state index in [1.165, 1.54) is 17.7 Å². The van der Waals surface area contributed by atoms with E-state index in [1.807, 2.05) is 18.2 Å². The van der Waals surface area contributed by atoms with Gasteiger partial charge in [-0.2, -0.15) is 0 Å². The van der Waals surface area contributed by atoms with Crippen LogP contribution in [0.5, 0.6) is 0 Å². The highest BCUT2D eigenvalue weighted by Crippen LogP contribution is 2.44. The highest BCUT2D eigenvalue weighted by Gasteiger charge is 2.42. The Hall–Kier alpha value is -2.40. The summed E-state index contributed by atoms with van der Waals surface area (Å²) in [5.41, 5.74) is 1.54. The van der Waals surface area contributed by atoms with Crippen LogP contribution >= 0.6 is 11.6 Å². The van der Waals surface area contributed by atoms with Crippen molar-refractivity contribution in [1.82, 2.24) is 0 Å². The lowest BCUT2D eigenvalue weighted by molar-refractivity contribution is -0.384. The molecule has 0 aliphatic heterocycles. The average molecular weight is 444 g/mol. The van der Waals surface area contributed by atoms with Crippen LogP contribution in [0.4, 0.5) is 5.69 Å². The third-order valence-electron chi connectivity index (χ3n) is 6.78. The van der Waals surface area contributed by atoms with Gasteiger partial charge in [-0.3, -0.25) is 14.9 Å². The molecule has 0 heterocycles. The first-order chi connectivity index (χ1) is 14.6. The molecule has 3 rings (SSSR count). The fourth-order valence-electron chi connectivity index (χ4n) is 4.73. The van der Waals surface area contributed by atoms with Gasteiger partial charge in [0.05, 0.1) is 15.9 Å². The zero-order valence-electron chi connectivity index (χ0n) is 18.5. The highest BCUT2D eigenvalue weighted by molar-refractivity contribution is 6.31. The summed E-state index contributed by atoms with van der Waals surface area (Å²) >= 11 is 6.25. The van der Waals surface area contributed by atoms with Gasteiger partial charge in [0.2, 0.25) is 0 Å². The maximum atomic E-state index is 13.1. The van der Waals surface area contributed by atoms with Crippen LogP contribution in [0.15, 0.2) is 48.5 Å². The van der Waals surface area contributed by atoms with Crippen LogP contribution < -0.4 is 0 Å². The van der Waals surface area contributed by atoms with Gasteiger partial charge in [0.25, 0.3) is 5.69 Å². The topological polar surface area (TPSA) is 69.4 Å². The van der Waals surface area contributed by atoms with Gasteiger partial charge in [0, 0.05) is 18.1 Å². The SMILES string of the molecule is C[C@@H]1CC[C@@H](C(C)(C)c2ccccc2)[C@H](OC(=O)[C@H](C)c2ccc([N+](=O)[O-])cc2Cl)C1. The van der Waals surface area contributed by atoms with Crippen LogP contribution in [0.25, 0.3) is 0 Å². The van der Waals surface area contributed by atoms with Gasteiger partial charge in [-0.15, -0.1) is 0 Å². The average Bonchev–Trinajstić information content (AvgIpc) is 2.73. The molecule has 0 bridgehead atoms. The molecule has 0 radical (unpaired) electrons. The molecule has 0 unspecified atom stereocenters. The maximum absolute atomic E-state index is 13.1. The number of benzene rings is 2. The number of nitro benzene ring substituents is 1. The van der Waals surface area contributed by atoms with Crippen molar-refractivity contribution in [2.24, 2.45) is 11.8 Å². The van der Waals surface area contributed by atoms with E-state index in [0.717, 1.165) is 19.3 Å². The molecule has 1 fully saturated rings. The Morgan fingerprint density at radius 1 is 1.19 bits per heavy atom. The van der Waals surface area contributed by atoms with Gasteiger partial charge in [-0.1, -0.05) is 69.1 Å². The molecule has 1 aliphatic rings. The Bertz CT molecular complexity index is 944. The van der Waals surface area contributed by atoms with Crippen molar-refractivity contribution in [3.8, 4) is 0 Å². The smallest absolute Gasteiger partial charge is 0.313 e. The van der Waals surface area contributed by atoms with Crippen molar-refractivity contribution >= 4 is 23.3 Å². The second kappa shape index (κ2) is 9.39. The van der Waals surface area contributed by atoms with Crippen LogP contribution in [0, 0.1) is 22.0 Å². The lowest BCUT2D eigenvalue weighted by Gasteiger charge is -2.44. The first-order valence-corrected chi connectivity index (χ1v) is 11.2. The van der Waals surface area contributed by atoms with Crippen LogP contribution in [0.3, 0.4) is 0 Å². The Balaban J connectivity index is 1.81. The van der Waals surface area contributed by atoms with Crippen LogP contribution in [0.1, 0.15) is 64.0 Å². The summed E-state index contributed by atoms with van der Waals surface area (Å²) < 4.78 is 6.10. The monoisotopic (exact) mass is 443 g/mol. The molecule has 2 aromatic rings. The molecule has 4 atom stereocenters. The number of carbonyl (C=O) groups is 1. The van der Waals surface area contributed by atoms with E-state index in [1.54, 1.807) is 13.0 Å². The lowest BCUT2D eigenvalue weighted by Crippen LogP contribution is -2.44. The number of nitro groups is 1. The molecule has 0 aromatic heterocycles. The quantitative estimate of drug-likeness (QED) is 0.283. The summed E-state index contributed by atoms with van der Waals surface area (Å²) in [7, 11) is 0. The molecule has 0 amide bonds. The molecule has 1 saturated carbocycles. The molecular formula is C25H30ClNO4. The summed E-state index contributed by atoms with van der Waals surface area (Å²) in [4.78, 5) is 23.5. The van der Waals surface area contributed by atoms with Crippen molar-refractivity contribution in [3.63, 3.8) is 0 Å². The number of hydrogen-bond donors (Lipinski definition) is 0. The van der Waals surface area contributed by atoms with E-state index in [0.29, 0.717) is 11.5 Å². The minimum atomic E-state index is -0.606. The van der Waals surface area contributed by atoms with Crippen LogP contribution in [-0.2, 0) is 14.9 Å². The van der Waals surface area contributed by atoms with E-state index in [-0.39, 0.29) is 34.1 Å². The van der Waals surface area contributed by atoms with Crippen LogP contribution in [-0.4, -0.2) is 17.0 Å². The summed E-state index contributed by atoms with van der Waals surface area (Å²) in [6.45, 7) is 8.38. The molecule has 166 valence electrons. The zero-order valence-corrected chi connectivity index (χ0v) is 19.3. The minimum Gasteiger partial charge on any atom is -0.462 e. The molecule has 31 heavy (non-hydrogen) atoms. The van der Waals surface area contributed by atoms with E-state index >= 15 is 0 Å². The largest absolute Gasteiger partial charge is 0.462 e. The summed E-state index contributed by atoms with van der Waals surface area (Å²) in [6.07, 6.45) is 2.74. The zero-order chi connectivity index (χ0) is 22.8. The van der Waals surface area contributed by atoms with Crippen molar-refractivity contribution in [3.05, 3.63) is 74.8 Å². The van der Waals surface area contributed by atoms with Crippen molar-refractivity contribution in [1.29, 1.82) is 0 Å². The van der Waals surface area contributed by atoms with Gasteiger partial charge >= 0.3 is 5.97 Å². The third-order valence-corrected chi connectivity index (χ3v) is 7.11. The maximum Gasteiger partial charge on any atom is 0.313 e. The van der Waals surface area contributed by atoms with Crippen LogP contribution in [0.2, 0.25) is 5.02 Å². The minimum absolute atomic E-state index is 0.0971. The first-order valence-electron chi connectivity index (χ1n) is 10.8. The van der Waals surface area contributed by atoms with E-state index in [9.17, 15) is 14.9 Å². The molecule has 6 heteroatoms. The lowest BCUT2D eigenvalue weighted by atomic mass is 9.64. The number of ether oxygens (including phenoxy) is 1. The molecule has 5 nitrogen and oxygen atoms in total. The first kappa shape index (κ1) is 23.3. The Morgan fingerprint density at radius 3 is 2.48 bits per heavy atom. The molecule has 0 N–H and O–H groups in total. The van der Waals surface area contributed by atoms with Gasteiger partial charge < -0.3 is 4.74 Å². The normalized spacial score (nSPS) is 22.5. The van der Waals surface area contributed by atoms with Gasteiger partial charge in [-0.25, -0.2) is 0 Å². The molecule has 0 spiro atoms. The third kappa shape index (κ3) is 5.09. The number of nitrogens with zero attached hydrogens (tertiary/aromatic N) is 1. The van der Waals surface area contributed by atoms with Crippen molar-refractivity contribution in [2.45, 2.75) is 64.4 Å². The Labute approximate surface area is 188 Å². The van der Waals surface area contributed by atoms with Crippen molar-refractivity contribution < 1.29 is 14.5 Å². The Morgan fingerprint density at radius 2 is 1.87 bits per heavy atom.